The number of nitrogens with zero attached hydrogens (tertiary/aromatic N) is 2. The number of carbonyl (C=O) groups excluding carboxylic acids is 1. The van der Waals surface area contributed by atoms with Gasteiger partial charge in [-0.25, -0.2) is 8.42 Å². The molecule has 146 valence electrons. The van der Waals surface area contributed by atoms with Crippen LogP contribution in [-0.4, -0.2) is 49.7 Å². The molecule has 26 heavy (non-hydrogen) atoms. The lowest BCUT2D eigenvalue weighted by molar-refractivity contribution is -0.137. The van der Waals surface area contributed by atoms with Gasteiger partial charge in [-0.1, -0.05) is 31.5 Å². The Balaban J connectivity index is 1.98. The summed E-state index contributed by atoms with van der Waals surface area (Å²) in [6.45, 7) is 9.13. The molecule has 0 spiro atoms. The predicted octanol–water partition coefficient (Wildman–Crippen LogP) is 3.29. The first-order valence-electron chi connectivity index (χ1n) is 9.46. The summed E-state index contributed by atoms with van der Waals surface area (Å²) < 4.78 is 27.1. The number of benzene rings is 1. The molecule has 0 saturated carbocycles. The zero-order valence-electron chi connectivity index (χ0n) is 16.6. The van der Waals surface area contributed by atoms with E-state index in [4.69, 9.17) is 0 Å². The van der Waals surface area contributed by atoms with Gasteiger partial charge in [-0.2, -0.15) is 4.31 Å². The van der Waals surface area contributed by atoms with Gasteiger partial charge >= 0.3 is 0 Å². The molecule has 1 aliphatic heterocycles. The number of hydrogen-bond acceptors (Lipinski definition) is 3. The molecule has 1 heterocycles. The van der Waals surface area contributed by atoms with Gasteiger partial charge in [0.1, 0.15) is 0 Å². The number of sulfonamides is 1. The first kappa shape index (κ1) is 20.9. The Morgan fingerprint density at radius 2 is 1.69 bits per heavy atom. The Hall–Kier alpha value is -1.40. The van der Waals surface area contributed by atoms with Crippen molar-refractivity contribution in [2.45, 2.75) is 57.9 Å². The largest absolute Gasteiger partial charge is 0.343 e. The third-order valence-electron chi connectivity index (χ3n) is 5.28. The second kappa shape index (κ2) is 8.53. The molecular formula is C20H32N2O3S. The summed E-state index contributed by atoms with van der Waals surface area (Å²) in [7, 11) is -1.61. The van der Waals surface area contributed by atoms with Crippen LogP contribution >= 0.6 is 0 Å². The van der Waals surface area contributed by atoms with Crippen LogP contribution in [-0.2, 0) is 14.8 Å². The Bertz CT molecular complexity index is 705. The van der Waals surface area contributed by atoms with Gasteiger partial charge in [-0.3, -0.25) is 4.79 Å². The number of rotatable bonds is 6. The van der Waals surface area contributed by atoms with Crippen molar-refractivity contribution in [2.75, 3.05) is 20.1 Å². The van der Waals surface area contributed by atoms with Crippen molar-refractivity contribution in [1.82, 2.24) is 9.21 Å². The van der Waals surface area contributed by atoms with Gasteiger partial charge in [0, 0.05) is 32.1 Å². The molecule has 1 aromatic rings. The summed E-state index contributed by atoms with van der Waals surface area (Å²) in [4.78, 5) is 14.9. The van der Waals surface area contributed by atoms with Crippen LogP contribution in [0, 0.1) is 18.8 Å². The fourth-order valence-electron chi connectivity index (χ4n) is 3.55. The van der Waals surface area contributed by atoms with E-state index in [2.05, 4.69) is 20.8 Å². The van der Waals surface area contributed by atoms with E-state index in [9.17, 15) is 13.2 Å². The van der Waals surface area contributed by atoms with Crippen molar-refractivity contribution >= 4 is 15.9 Å². The maximum atomic E-state index is 12.8. The highest BCUT2D eigenvalue weighted by Gasteiger charge is 2.33. The van der Waals surface area contributed by atoms with Crippen LogP contribution in [0.25, 0.3) is 0 Å². The van der Waals surface area contributed by atoms with Crippen molar-refractivity contribution in [3.05, 3.63) is 29.8 Å². The minimum absolute atomic E-state index is 0.0842. The minimum atomic E-state index is -3.47. The molecule has 0 radical (unpaired) electrons. The van der Waals surface area contributed by atoms with Crippen molar-refractivity contribution in [2.24, 2.45) is 11.8 Å². The smallest absolute Gasteiger partial charge is 0.243 e. The number of piperidine rings is 1. The van der Waals surface area contributed by atoms with E-state index in [0.717, 1.165) is 12.0 Å². The lowest BCUT2D eigenvalue weighted by atomic mass is 9.95. The summed E-state index contributed by atoms with van der Waals surface area (Å²) >= 11 is 0. The van der Waals surface area contributed by atoms with E-state index in [-0.39, 0.29) is 17.9 Å². The Kier molecular flexibility index (Phi) is 6.86. The third kappa shape index (κ3) is 4.86. The molecule has 0 N–H and O–H groups in total. The van der Waals surface area contributed by atoms with Crippen molar-refractivity contribution in [3.8, 4) is 0 Å². The van der Waals surface area contributed by atoms with E-state index in [1.165, 1.54) is 4.31 Å². The minimum Gasteiger partial charge on any atom is -0.343 e. The van der Waals surface area contributed by atoms with Gasteiger partial charge in [0.2, 0.25) is 15.9 Å². The number of aryl methyl sites for hydroxylation is 1. The van der Waals surface area contributed by atoms with Crippen molar-refractivity contribution in [3.63, 3.8) is 0 Å². The fraction of sp³-hybridized carbons (Fsp3) is 0.650. The Morgan fingerprint density at radius 3 is 2.19 bits per heavy atom. The normalized spacial score (nSPS) is 18.1. The van der Waals surface area contributed by atoms with E-state index in [0.29, 0.717) is 36.7 Å². The molecule has 6 heteroatoms. The van der Waals surface area contributed by atoms with Crippen LogP contribution in [0.15, 0.2) is 29.2 Å². The second-order valence-electron chi connectivity index (χ2n) is 7.92. The van der Waals surface area contributed by atoms with E-state index >= 15 is 0 Å². The zero-order chi connectivity index (χ0) is 19.5. The average Bonchev–Trinajstić information content (AvgIpc) is 2.60. The average molecular weight is 381 g/mol. The highest BCUT2D eigenvalue weighted by atomic mass is 32.2. The first-order chi connectivity index (χ1) is 12.1. The molecule has 0 aliphatic carbocycles. The fourth-order valence-corrected chi connectivity index (χ4v) is 5.02. The van der Waals surface area contributed by atoms with Crippen molar-refractivity contribution in [1.29, 1.82) is 0 Å². The number of carbonyl (C=O) groups is 1. The second-order valence-corrected chi connectivity index (χ2v) is 9.86. The number of hydrogen-bond donors (Lipinski definition) is 0. The van der Waals surface area contributed by atoms with Crippen LogP contribution in [0.1, 0.15) is 45.6 Å². The molecule has 0 aromatic heterocycles. The molecular weight excluding hydrogens is 348 g/mol. The summed E-state index contributed by atoms with van der Waals surface area (Å²) in [5, 5.41) is 0. The van der Waals surface area contributed by atoms with Gasteiger partial charge in [-0.05, 0) is 51.2 Å². The van der Waals surface area contributed by atoms with Crippen LogP contribution in [0.4, 0.5) is 0 Å². The molecule has 0 bridgehead atoms. The van der Waals surface area contributed by atoms with Gasteiger partial charge in [-0.15, -0.1) is 0 Å². The molecule has 1 atom stereocenters. The zero-order valence-corrected chi connectivity index (χ0v) is 17.4. The topological polar surface area (TPSA) is 57.7 Å². The summed E-state index contributed by atoms with van der Waals surface area (Å²) in [5.74, 6) is 0.603. The molecule has 1 unspecified atom stereocenters. The molecule has 1 fully saturated rings. The van der Waals surface area contributed by atoms with Gasteiger partial charge in [0.25, 0.3) is 0 Å². The van der Waals surface area contributed by atoms with E-state index in [1.54, 1.807) is 12.1 Å². The van der Waals surface area contributed by atoms with Crippen LogP contribution < -0.4 is 0 Å². The molecule has 1 saturated heterocycles. The molecule has 1 aromatic carbocycles. The maximum absolute atomic E-state index is 12.8. The lowest BCUT2D eigenvalue weighted by Crippen LogP contribution is -2.45. The Labute approximate surface area is 158 Å². The summed E-state index contributed by atoms with van der Waals surface area (Å²) in [6.07, 6.45) is 2.15. The van der Waals surface area contributed by atoms with E-state index < -0.39 is 10.0 Å². The van der Waals surface area contributed by atoms with Crippen LogP contribution in [0.2, 0.25) is 0 Å². The Morgan fingerprint density at radius 1 is 1.15 bits per heavy atom. The summed E-state index contributed by atoms with van der Waals surface area (Å²) in [5.41, 5.74) is 1.03. The van der Waals surface area contributed by atoms with Crippen molar-refractivity contribution < 1.29 is 13.2 Å². The molecule has 2 rings (SSSR count). The predicted molar refractivity (Wildman–Crippen MR) is 104 cm³/mol. The van der Waals surface area contributed by atoms with Gasteiger partial charge in [0.15, 0.2) is 0 Å². The highest BCUT2D eigenvalue weighted by Crippen LogP contribution is 2.26. The molecule has 5 nitrogen and oxygen atoms in total. The van der Waals surface area contributed by atoms with Gasteiger partial charge in [0.05, 0.1) is 4.90 Å². The monoisotopic (exact) mass is 380 g/mol. The quantitative estimate of drug-likeness (QED) is 0.761. The molecule has 1 amide bonds. The highest BCUT2D eigenvalue weighted by molar-refractivity contribution is 7.89. The number of amides is 1. The summed E-state index contributed by atoms with van der Waals surface area (Å²) in [6, 6.07) is 7.14. The lowest BCUT2D eigenvalue weighted by Gasteiger charge is -2.34. The van der Waals surface area contributed by atoms with Gasteiger partial charge < -0.3 is 4.90 Å². The standard InChI is InChI=1S/C20H32N2O3S/c1-15(2)14-17(4)21(5)20(23)18-10-12-22(13-11-18)26(24,25)19-8-6-16(3)7-9-19/h6-9,15,17-18H,10-14H2,1-5H3. The first-order valence-corrected chi connectivity index (χ1v) is 10.9. The molecule has 1 aliphatic rings. The van der Waals surface area contributed by atoms with Crippen LogP contribution in [0.5, 0.6) is 0 Å². The van der Waals surface area contributed by atoms with E-state index in [1.807, 2.05) is 31.0 Å². The maximum Gasteiger partial charge on any atom is 0.243 e. The van der Waals surface area contributed by atoms with Crippen LogP contribution in [0.3, 0.4) is 0 Å². The SMILES string of the molecule is Cc1ccc(S(=O)(=O)N2CCC(C(=O)N(C)C(C)CC(C)C)CC2)cc1. The third-order valence-corrected chi connectivity index (χ3v) is 7.20.